The molecule has 0 saturated heterocycles. The molecule has 0 unspecified atom stereocenters. The number of hydrogen-bond donors (Lipinski definition) is 1. The van der Waals surface area contributed by atoms with Gasteiger partial charge in [0.2, 0.25) is 0 Å². The summed E-state index contributed by atoms with van der Waals surface area (Å²) in [5.74, 6) is 0.771. The third kappa shape index (κ3) is 2.58. The Morgan fingerprint density at radius 3 is 2.53 bits per heavy atom. The lowest BCUT2D eigenvalue weighted by Gasteiger charge is -2.42. The highest BCUT2D eigenvalue weighted by atomic mass is 32.1. The fourth-order valence-corrected chi connectivity index (χ4v) is 3.84. The van der Waals surface area contributed by atoms with Crippen molar-refractivity contribution >= 4 is 11.3 Å². The van der Waals surface area contributed by atoms with Crippen LogP contribution >= 0.6 is 11.3 Å². The molecule has 1 aliphatic rings. The summed E-state index contributed by atoms with van der Waals surface area (Å²) in [4.78, 5) is 1.16. The van der Waals surface area contributed by atoms with Crippen molar-refractivity contribution in [3.05, 3.63) is 22.4 Å². The Labute approximate surface area is 109 Å². The van der Waals surface area contributed by atoms with Crippen LogP contribution in [0.5, 0.6) is 0 Å². The lowest BCUT2D eigenvalue weighted by atomic mass is 9.66. The normalized spacial score (nSPS) is 30.5. The summed E-state index contributed by atoms with van der Waals surface area (Å²) in [5.41, 5.74) is -0.106. The van der Waals surface area contributed by atoms with Crippen LogP contribution in [0.25, 0.3) is 0 Å². The van der Waals surface area contributed by atoms with E-state index < -0.39 is 5.60 Å². The molecule has 1 N–H and O–H groups in total. The molecule has 1 aromatic rings. The lowest BCUT2D eigenvalue weighted by Crippen LogP contribution is -2.35. The predicted molar refractivity (Wildman–Crippen MR) is 74.2 cm³/mol. The van der Waals surface area contributed by atoms with E-state index in [4.69, 9.17) is 0 Å². The smallest absolute Gasteiger partial charge is 0.0988 e. The minimum atomic E-state index is -0.533. The molecule has 96 valence electrons. The van der Waals surface area contributed by atoms with Gasteiger partial charge in [0.25, 0.3) is 0 Å². The fraction of sp³-hybridized carbons (Fsp3) is 0.733. The van der Waals surface area contributed by atoms with Crippen LogP contribution in [-0.4, -0.2) is 5.11 Å². The van der Waals surface area contributed by atoms with E-state index >= 15 is 0 Å². The Hall–Kier alpha value is -0.340. The Morgan fingerprint density at radius 1 is 1.41 bits per heavy atom. The van der Waals surface area contributed by atoms with Crippen LogP contribution in [0.15, 0.2) is 17.5 Å². The van der Waals surface area contributed by atoms with Crippen LogP contribution in [0, 0.1) is 11.3 Å². The van der Waals surface area contributed by atoms with E-state index in [9.17, 15) is 5.11 Å². The molecule has 0 atom stereocenters. The van der Waals surface area contributed by atoms with Gasteiger partial charge >= 0.3 is 0 Å². The largest absolute Gasteiger partial charge is 0.384 e. The Kier molecular flexibility index (Phi) is 3.65. The summed E-state index contributed by atoms with van der Waals surface area (Å²) in [7, 11) is 0. The van der Waals surface area contributed by atoms with Gasteiger partial charge < -0.3 is 5.11 Å². The molecule has 0 spiro atoms. The maximum Gasteiger partial charge on any atom is 0.0988 e. The molecule has 0 aliphatic heterocycles. The maximum absolute atomic E-state index is 10.7. The summed E-state index contributed by atoms with van der Waals surface area (Å²) < 4.78 is 0. The molecular formula is C15H24OS. The zero-order valence-electron chi connectivity index (χ0n) is 11.2. The SMILES string of the molecule is CCC(C)(C)C1CCC(O)(c2cccs2)CC1. The number of rotatable bonds is 3. The highest BCUT2D eigenvalue weighted by Gasteiger charge is 2.39. The molecule has 1 heterocycles. The third-order valence-corrected chi connectivity index (χ3v) is 5.87. The van der Waals surface area contributed by atoms with E-state index in [1.54, 1.807) is 11.3 Å². The third-order valence-electron chi connectivity index (χ3n) is 4.81. The molecule has 17 heavy (non-hydrogen) atoms. The minimum Gasteiger partial charge on any atom is -0.384 e. The van der Waals surface area contributed by atoms with E-state index in [0.29, 0.717) is 5.41 Å². The average Bonchev–Trinajstić information content (AvgIpc) is 2.84. The van der Waals surface area contributed by atoms with Crippen LogP contribution in [0.2, 0.25) is 0 Å². The standard InChI is InChI=1S/C15H24OS/c1-4-14(2,3)12-7-9-15(16,10-8-12)13-6-5-11-17-13/h5-6,11-12,16H,4,7-10H2,1-3H3. The first-order valence-electron chi connectivity index (χ1n) is 6.74. The van der Waals surface area contributed by atoms with Gasteiger partial charge in [-0.05, 0) is 48.5 Å². The van der Waals surface area contributed by atoms with Gasteiger partial charge in [-0.15, -0.1) is 11.3 Å². The molecule has 0 bridgehead atoms. The van der Waals surface area contributed by atoms with E-state index in [1.807, 2.05) is 6.07 Å². The Bertz CT molecular complexity index is 345. The predicted octanol–water partition coefficient (Wildman–Crippen LogP) is 4.56. The van der Waals surface area contributed by atoms with Crippen molar-refractivity contribution in [2.75, 3.05) is 0 Å². The fourth-order valence-electron chi connectivity index (χ4n) is 2.96. The first kappa shape index (κ1) is 13.1. The zero-order valence-corrected chi connectivity index (χ0v) is 12.0. The molecule has 2 heteroatoms. The van der Waals surface area contributed by atoms with Crippen LogP contribution in [0.4, 0.5) is 0 Å². The molecule has 0 aromatic carbocycles. The summed E-state index contributed by atoms with van der Waals surface area (Å²) >= 11 is 1.69. The summed E-state index contributed by atoms with van der Waals surface area (Å²) in [6, 6.07) is 4.12. The lowest BCUT2D eigenvalue weighted by molar-refractivity contribution is -0.0300. The second kappa shape index (κ2) is 4.74. The van der Waals surface area contributed by atoms with Crippen LogP contribution in [0.3, 0.4) is 0 Å². The zero-order chi connectivity index (χ0) is 12.5. The van der Waals surface area contributed by atoms with Crippen molar-refractivity contribution in [3.63, 3.8) is 0 Å². The molecule has 1 saturated carbocycles. The van der Waals surface area contributed by atoms with Gasteiger partial charge in [-0.2, -0.15) is 0 Å². The maximum atomic E-state index is 10.7. The first-order chi connectivity index (χ1) is 7.98. The molecule has 2 rings (SSSR count). The summed E-state index contributed by atoms with van der Waals surface area (Å²) in [6.45, 7) is 7.01. The van der Waals surface area contributed by atoms with Crippen molar-refractivity contribution in [1.82, 2.24) is 0 Å². The van der Waals surface area contributed by atoms with Gasteiger partial charge in [-0.25, -0.2) is 0 Å². The van der Waals surface area contributed by atoms with Gasteiger partial charge in [-0.3, -0.25) is 0 Å². The molecule has 1 fully saturated rings. The summed E-state index contributed by atoms with van der Waals surface area (Å²) in [5, 5.41) is 12.8. The van der Waals surface area contributed by atoms with Crippen molar-refractivity contribution < 1.29 is 5.11 Å². The topological polar surface area (TPSA) is 20.2 Å². The van der Waals surface area contributed by atoms with Crippen LogP contribution in [-0.2, 0) is 5.60 Å². The van der Waals surface area contributed by atoms with Crippen LogP contribution in [0.1, 0.15) is 57.8 Å². The van der Waals surface area contributed by atoms with Gasteiger partial charge in [0.1, 0.15) is 0 Å². The first-order valence-corrected chi connectivity index (χ1v) is 7.62. The van der Waals surface area contributed by atoms with Crippen molar-refractivity contribution in [3.8, 4) is 0 Å². The quantitative estimate of drug-likeness (QED) is 0.836. The van der Waals surface area contributed by atoms with Crippen LogP contribution < -0.4 is 0 Å². The summed E-state index contributed by atoms with van der Waals surface area (Å²) in [6.07, 6.45) is 5.42. The highest BCUT2D eigenvalue weighted by Crippen LogP contribution is 2.47. The molecule has 1 aromatic heterocycles. The molecule has 1 aliphatic carbocycles. The highest BCUT2D eigenvalue weighted by molar-refractivity contribution is 7.10. The number of thiophene rings is 1. The van der Waals surface area contributed by atoms with E-state index in [1.165, 1.54) is 6.42 Å². The van der Waals surface area contributed by atoms with Gasteiger partial charge in [0.15, 0.2) is 0 Å². The minimum absolute atomic E-state index is 0.427. The van der Waals surface area contributed by atoms with E-state index in [2.05, 4.69) is 32.2 Å². The monoisotopic (exact) mass is 252 g/mol. The molecule has 0 radical (unpaired) electrons. The van der Waals surface area contributed by atoms with E-state index in [-0.39, 0.29) is 0 Å². The Balaban J connectivity index is 2.03. The molecule has 1 nitrogen and oxygen atoms in total. The molecular weight excluding hydrogens is 228 g/mol. The second-order valence-electron chi connectivity index (χ2n) is 6.13. The number of hydrogen-bond acceptors (Lipinski definition) is 2. The van der Waals surface area contributed by atoms with Crippen molar-refractivity contribution in [2.45, 2.75) is 58.5 Å². The molecule has 0 amide bonds. The van der Waals surface area contributed by atoms with E-state index in [0.717, 1.165) is 36.5 Å². The van der Waals surface area contributed by atoms with Gasteiger partial charge in [-0.1, -0.05) is 33.3 Å². The average molecular weight is 252 g/mol. The Morgan fingerprint density at radius 2 is 2.06 bits per heavy atom. The second-order valence-corrected chi connectivity index (χ2v) is 7.07. The number of aliphatic hydroxyl groups is 1. The van der Waals surface area contributed by atoms with Gasteiger partial charge in [0, 0.05) is 4.88 Å². The van der Waals surface area contributed by atoms with Crippen molar-refractivity contribution in [1.29, 1.82) is 0 Å². The van der Waals surface area contributed by atoms with Crippen molar-refractivity contribution in [2.24, 2.45) is 11.3 Å². The van der Waals surface area contributed by atoms with Gasteiger partial charge in [0.05, 0.1) is 5.60 Å².